The van der Waals surface area contributed by atoms with Gasteiger partial charge >= 0.3 is 0 Å². The topological polar surface area (TPSA) is 76.4 Å². The highest BCUT2D eigenvalue weighted by Gasteiger charge is 2.31. The fraction of sp³-hybridized carbons (Fsp3) is 0.571. The average molecular weight is 370 g/mol. The van der Waals surface area contributed by atoms with Crippen LogP contribution < -0.4 is 5.32 Å². The zero-order chi connectivity index (χ0) is 20.0. The first kappa shape index (κ1) is 20.9. The van der Waals surface area contributed by atoms with Crippen LogP contribution in [0.5, 0.6) is 0 Å². The van der Waals surface area contributed by atoms with Crippen LogP contribution in [0.15, 0.2) is 24.3 Å². The molecule has 0 saturated carbocycles. The van der Waals surface area contributed by atoms with E-state index in [9.17, 15) is 14.9 Å². The molecule has 1 N–H and O–H groups in total. The number of piperazine rings is 1. The van der Waals surface area contributed by atoms with E-state index in [4.69, 9.17) is 0 Å². The van der Waals surface area contributed by atoms with Gasteiger partial charge in [-0.25, -0.2) is 0 Å². The number of nitriles is 1. The summed E-state index contributed by atoms with van der Waals surface area (Å²) in [5.41, 5.74) is 1.06. The first-order chi connectivity index (χ1) is 12.8. The van der Waals surface area contributed by atoms with Crippen LogP contribution in [0.25, 0.3) is 0 Å². The number of nitrogens with zero attached hydrogens (tertiary/aromatic N) is 3. The Labute approximate surface area is 162 Å². The van der Waals surface area contributed by atoms with Crippen molar-refractivity contribution in [3.63, 3.8) is 0 Å². The molecule has 6 nitrogen and oxygen atoms in total. The van der Waals surface area contributed by atoms with Gasteiger partial charge in [0, 0.05) is 31.7 Å². The standard InChI is InChI=1S/C21H30N4O2/c1-5-17-6-8-18(9-7-17)20(27)25-12-10-24(11-13-25)14-19(26)23-21(4,15-22)16(2)3/h6-9,16H,5,10-14H2,1-4H3,(H,23,26). The van der Waals surface area contributed by atoms with Gasteiger partial charge in [-0.2, -0.15) is 5.26 Å². The third-order valence-electron chi connectivity index (χ3n) is 5.42. The summed E-state index contributed by atoms with van der Waals surface area (Å²) < 4.78 is 0. The SMILES string of the molecule is CCc1ccc(C(=O)N2CCN(CC(=O)NC(C)(C#N)C(C)C)CC2)cc1. The van der Waals surface area contributed by atoms with Gasteiger partial charge in [0.1, 0.15) is 5.54 Å². The lowest BCUT2D eigenvalue weighted by atomic mass is 9.90. The number of hydrogen-bond donors (Lipinski definition) is 1. The van der Waals surface area contributed by atoms with Crippen LogP contribution in [0.2, 0.25) is 0 Å². The van der Waals surface area contributed by atoms with Crippen LogP contribution in [-0.2, 0) is 11.2 Å². The van der Waals surface area contributed by atoms with E-state index < -0.39 is 5.54 Å². The number of carbonyl (C=O) groups is 2. The van der Waals surface area contributed by atoms with Crippen LogP contribution in [0, 0.1) is 17.2 Å². The summed E-state index contributed by atoms with van der Waals surface area (Å²) in [5, 5.41) is 12.2. The zero-order valence-corrected chi connectivity index (χ0v) is 16.8. The number of amides is 2. The molecule has 2 amide bonds. The molecule has 0 spiro atoms. The molecule has 1 aromatic carbocycles. The number of aryl methyl sites for hydroxylation is 1. The highest BCUT2D eigenvalue weighted by molar-refractivity contribution is 5.94. The summed E-state index contributed by atoms with van der Waals surface area (Å²) in [4.78, 5) is 28.8. The maximum atomic E-state index is 12.6. The van der Waals surface area contributed by atoms with Crippen molar-refractivity contribution in [1.82, 2.24) is 15.1 Å². The molecule has 1 aromatic rings. The molecule has 146 valence electrons. The van der Waals surface area contributed by atoms with E-state index in [2.05, 4.69) is 18.3 Å². The predicted octanol–water partition coefficient (Wildman–Crippen LogP) is 2.06. The van der Waals surface area contributed by atoms with Crippen molar-refractivity contribution in [1.29, 1.82) is 5.26 Å². The molecule has 0 aliphatic carbocycles. The molecule has 0 aromatic heterocycles. The molecule has 2 rings (SSSR count). The first-order valence-electron chi connectivity index (χ1n) is 9.62. The van der Waals surface area contributed by atoms with Gasteiger partial charge in [0.15, 0.2) is 0 Å². The van der Waals surface area contributed by atoms with E-state index in [0.717, 1.165) is 6.42 Å². The van der Waals surface area contributed by atoms with Crippen LogP contribution in [0.3, 0.4) is 0 Å². The van der Waals surface area contributed by atoms with Crippen molar-refractivity contribution >= 4 is 11.8 Å². The highest BCUT2D eigenvalue weighted by atomic mass is 16.2. The fourth-order valence-corrected chi connectivity index (χ4v) is 3.01. The lowest BCUT2D eigenvalue weighted by Gasteiger charge is -2.35. The van der Waals surface area contributed by atoms with E-state index in [1.807, 2.05) is 47.9 Å². The second-order valence-corrected chi connectivity index (χ2v) is 7.64. The Morgan fingerprint density at radius 3 is 2.26 bits per heavy atom. The number of rotatable bonds is 6. The maximum absolute atomic E-state index is 12.6. The Morgan fingerprint density at radius 2 is 1.78 bits per heavy atom. The summed E-state index contributed by atoms with van der Waals surface area (Å²) >= 11 is 0. The highest BCUT2D eigenvalue weighted by Crippen LogP contribution is 2.15. The summed E-state index contributed by atoms with van der Waals surface area (Å²) in [7, 11) is 0. The Bertz CT molecular complexity index is 700. The van der Waals surface area contributed by atoms with Crippen molar-refractivity contribution in [3.05, 3.63) is 35.4 Å². The van der Waals surface area contributed by atoms with Gasteiger partial charge < -0.3 is 10.2 Å². The van der Waals surface area contributed by atoms with Gasteiger partial charge in [0.05, 0.1) is 12.6 Å². The lowest BCUT2D eigenvalue weighted by molar-refractivity contribution is -0.124. The molecule has 1 fully saturated rings. The van der Waals surface area contributed by atoms with Crippen molar-refractivity contribution in [2.45, 2.75) is 39.7 Å². The molecule has 1 heterocycles. The van der Waals surface area contributed by atoms with E-state index in [1.54, 1.807) is 6.92 Å². The molecule has 1 aliphatic heterocycles. The summed E-state index contributed by atoms with van der Waals surface area (Å²) in [6.07, 6.45) is 0.955. The third-order valence-corrected chi connectivity index (χ3v) is 5.42. The van der Waals surface area contributed by atoms with Crippen LogP contribution in [0.4, 0.5) is 0 Å². The molecular weight excluding hydrogens is 340 g/mol. The van der Waals surface area contributed by atoms with Crippen molar-refractivity contribution in [2.75, 3.05) is 32.7 Å². The summed E-state index contributed by atoms with van der Waals surface area (Å²) in [5.74, 6) is -0.0821. The van der Waals surface area contributed by atoms with Crippen LogP contribution in [-0.4, -0.2) is 59.9 Å². The number of benzene rings is 1. The van der Waals surface area contributed by atoms with E-state index >= 15 is 0 Å². The predicted molar refractivity (Wildman–Crippen MR) is 105 cm³/mol. The van der Waals surface area contributed by atoms with Crippen molar-refractivity contribution in [3.8, 4) is 6.07 Å². The van der Waals surface area contributed by atoms with Gasteiger partial charge in [-0.1, -0.05) is 32.9 Å². The van der Waals surface area contributed by atoms with Gasteiger partial charge in [-0.3, -0.25) is 14.5 Å². The van der Waals surface area contributed by atoms with Gasteiger partial charge in [-0.15, -0.1) is 0 Å². The molecule has 6 heteroatoms. The minimum atomic E-state index is -0.862. The first-order valence-corrected chi connectivity index (χ1v) is 9.62. The number of hydrogen-bond acceptors (Lipinski definition) is 4. The molecule has 1 unspecified atom stereocenters. The molecule has 27 heavy (non-hydrogen) atoms. The largest absolute Gasteiger partial charge is 0.337 e. The van der Waals surface area contributed by atoms with Gasteiger partial charge in [-0.05, 0) is 37.0 Å². The molecule has 1 atom stereocenters. The molecular formula is C21H30N4O2. The normalized spacial score (nSPS) is 17.3. The van der Waals surface area contributed by atoms with Crippen molar-refractivity contribution < 1.29 is 9.59 Å². The fourth-order valence-electron chi connectivity index (χ4n) is 3.01. The molecule has 0 radical (unpaired) electrons. The lowest BCUT2D eigenvalue weighted by Crippen LogP contribution is -2.55. The quantitative estimate of drug-likeness (QED) is 0.832. The van der Waals surface area contributed by atoms with Gasteiger partial charge in [0.2, 0.25) is 5.91 Å². The number of carbonyl (C=O) groups excluding carboxylic acids is 2. The molecule has 1 saturated heterocycles. The Hall–Kier alpha value is -2.39. The Morgan fingerprint density at radius 1 is 1.19 bits per heavy atom. The van der Waals surface area contributed by atoms with Gasteiger partial charge in [0.25, 0.3) is 5.91 Å². The summed E-state index contributed by atoms with van der Waals surface area (Å²) in [6.45, 7) is 10.4. The summed E-state index contributed by atoms with van der Waals surface area (Å²) in [6, 6.07) is 9.95. The third kappa shape index (κ3) is 5.30. The smallest absolute Gasteiger partial charge is 0.253 e. The zero-order valence-electron chi connectivity index (χ0n) is 16.8. The Balaban J connectivity index is 1.85. The van der Waals surface area contributed by atoms with Crippen LogP contribution >= 0.6 is 0 Å². The molecule has 1 aliphatic rings. The minimum Gasteiger partial charge on any atom is -0.337 e. The maximum Gasteiger partial charge on any atom is 0.253 e. The van der Waals surface area contributed by atoms with E-state index in [-0.39, 0.29) is 24.3 Å². The average Bonchev–Trinajstić information content (AvgIpc) is 2.67. The number of nitrogens with one attached hydrogen (secondary N) is 1. The second kappa shape index (κ2) is 9.01. The van der Waals surface area contributed by atoms with E-state index in [0.29, 0.717) is 31.7 Å². The van der Waals surface area contributed by atoms with E-state index in [1.165, 1.54) is 5.56 Å². The molecule has 0 bridgehead atoms. The monoisotopic (exact) mass is 370 g/mol. The Kier molecular flexibility index (Phi) is 6.98. The second-order valence-electron chi connectivity index (χ2n) is 7.64. The minimum absolute atomic E-state index is 0.0278. The van der Waals surface area contributed by atoms with Crippen LogP contribution in [0.1, 0.15) is 43.6 Å². The van der Waals surface area contributed by atoms with Crippen molar-refractivity contribution in [2.24, 2.45) is 5.92 Å².